The maximum absolute atomic E-state index is 2.40. The molecule has 0 aliphatic heterocycles. The van der Waals surface area contributed by atoms with Crippen molar-refractivity contribution < 1.29 is 0 Å². The Bertz CT molecular complexity index is 904. The lowest BCUT2D eigenvalue weighted by atomic mass is 9.90. The van der Waals surface area contributed by atoms with Gasteiger partial charge in [0.1, 0.15) is 0 Å². The van der Waals surface area contributed by atoms with Crippen LogP contribution in [0.25, 0.3) is 21.5 Å². The minimum absolute atomic E-state index is 0.994. The quantitative estimate of drug-likeness (QED) is 0.413. The number of nitrogens with zero attached hydrogens (tertiary/aromatic N) is 2. The molecule has 0 fully saturated rings. The number of aryl methyl sites for hydroxylation is 4. The minimum atomic E-state index is 0.994. The van der Waals surface area contributed by atoms with Gasteiger partial charge in [0.05, 0.1) is 11.4 Å². The summed E-state index contributed by atoms with van der Waals surface area (Å²) in [5.74, 6) is 0. The van der Waals surface area contributed by atoms with Crippen molar-refractivity contribution in [1.82, 2.24) is 0 Å². The summed E-state index contributed by atoms with van der Waals surface area (Å²) in [6, 6.07) is 9.38. The van der Waals surface area contributed by atoms with Crippen LogP contribution in [-0.2, 0) is 0 Å². The standard InChI is InChI=1S/C24H32N2/c1-9-25(7)23-19-13-15(3)12-18(6)22(19)24(26(8)10-2)20-14-16(4)11-17(5)21(20)23/h11-14H,9-10H2,1-8H3. The fourth-order valence-corrected chi connectivity index (χ4v) is 4.32. The molecule has 0 saturated carbocycles. The van der Waals surface area contributed by atoms with Gasteiger partial charge in [0.15, 0.2) is 0 Å². The molecule has 0 N–H and O–H groups in total. The van der Waals surface area contributed by atoms with Gasteiger partial charge in [0, 0.05) is 48.7 Å². The van der Waals surface area contributed by atoms with E-state index in [2.05, 4.69) is 89.7 Å². The van der Waals surface area contributed by atoms with Gasteiger partial charge in [-0.1, -0.05) is 23.3 Å². The number of hydrogen-bond donors (Lipinski definition) is 0. The van der Waals surface area contributed by atoms with Crippen molar-refractivity contribution in [3.63, 3.8) is 0 Å². The van der Waals surface area contributed by atoms with Crippen LogP contribution in [0.3, 0.4) is 0 Å². The fraction of sp³-hybridized carbons (Fsp3) is 0.417. The topological polar surface area (TPSA) is 6.48 Å². The second-order valence-electron chi connectivity index (χ2n) is 7.73. The van der Waals surface area contributed by atoms with Gasteiger partial charge < -0.3 is 9.80 Å². The normalized spacial score (nSPS) is 11.4. The van der Waals surface area contributed by atoms with Gasteiger partial charge in [-0.3, -0.25) is 0 Å². The van der Waals surface area contributed by atoms with Gasteiger partial charge >= 0.3 is 0 Å². The van der Waals surface area contributed by atoms with Crippen molar-refractivity contribution in [2.75, 3.05) is 37.0 Å². The van der Waals surface area contributed by atoms with Gasteiger partial charge in [0.2, 0.25) is 0 Å². The molecule has 0 spiro atoms. The number of hydrogen-bond acceptors (Lipinski definition) is 2. The monoisotopic (exact) mass is 348 g/mol. The fourth-order valence-electron chi connectivity index (χ4n) is 4.32. The molecule has 0 atom stereocenters. The van der Waals surface area contributed by atoms with Crippen molar-refractivity contribution in [1.29, 1.82) is 0 Å². The molecular weight excluding hydrogens is 316 g/mol. The summed E-state index contributed by atoms with van der Waals surface area (Å²) in [5.41, 5.74) is 8.12. The zero-order chi connectivity index (χ0) is 19.2. The number of benzene rings is 3. The second kappa shape index (κ2) is 6.83. The lowest BCUT2D eigenvalue weighted by Crippen LogP contribution is -2.20. The van der Waals surface area contributed by atoms with E-state index in [4.69, 9.17) is 0 Å². The first-order chi connectivity index (χ1) is 12.3. The Morgan fingerprint density at radius 3 is 1.27 bits per heavy atom. The van der Waals surface area contributed by atoms with Crippen LogP contribution >= 0.6 is 0 Å². The van der Waals surface area contributed by atoms with Crippen molar-refractivity contribution >= 4 is 32.9 Å². The third-order valence-electron chi connectivity index (χ3n) is 5.66. The molecule has 0 radical (unpaired) electrons. The molecule has 0 aliphatic rings. The Balaban J connectivity index is 2.70. The average Bonchev–Trinajstić information content (AvgIpc) is 2.58. The van der Waals surface area contributed by atoms with Crippen LogP contribution in [0.4, 0.5) is 11.4 Å². The molecule has 138 valence electrons. The van der Waals surface area contributed by atoms with E-state index in [1.807, 2.05) is 0 Å². The maximum atomic E-state index is 2.40. The number of anilines is 2. The molecule has 0 bridgehead atoms. The predicted molar refractivity (Wildman–Crippen MR) is 118 cm³/mol. The summed E-state index contributed by atoms with van der Waals surface area (Å²) in [7, 11) is 4.43. The van der Waals surface area contributed by atoms with E-state index in [1.165, 1.54) is 55.2 Å². The molecular formula is C24H32N2. The Hall–Kier alpha value is -2.22. The predicted octanol–water partition coefficient (Wildman–Crippen LogP) is 6.14. The van der Waals surface area contributed by atoms with Crippen LogP contribution in [0.15, 0.2) is 24.3 Å². The van der Waals surface area contributed by atoms with E-state index in [1.54, 1.807) is 0 Å². The van der Waals surface area contributed by atoms with Crippen molar-refractivity contribution in [2.24, 2.45) is 0 Å². The van der Waals surface area contributed by atoms with E-state index in [0.29, 0.717) is 0 Å². The molecule has 26 heavy (non-hydrogen) atoms. The van der Waals surface area contributed by atoms with Crippen LogP contribution in [0.5, 0.6) is 0 Å². The summed E-state index contributed by atoms with van der Waals surface area (Å²) in [6.45, 7) is 15.4. The highest BCUT2D eigenvalue weighted by atomic mass is 15.1. The SMILES string of the molecule is CCN(C)c1c2cc(C)cc(C)c2c(N(C)CC)c2cc(C)cc(C)c12. The number of rotatable bonds is 4. The van der Waals surface area contributed by atoms with Crippen molar-refractivity contribution in [3.05, 3.63) is 46.5 Å². The Kier molecular flexibility index (Phi) is 4.88. The van der Waals surface area contributed by atoms with Crippen molar-refractivity contribution in [2.45, 2.75) is 41.5 Å². The zero-order valence-corrected chi connectivity index (χ0v) is 17.6. The first kappa shape index (κ1) is 18.6. The molecule has 0 unspecified atom stereocenters. The third kappa shape index (κ3) is 2.82. The van der Waals surface area contributed by atoms with Crippen LogP contribution in [0.2, 0.25) is 0 Å². The summed E-state index contributed by atoms with van der Waals surface area (Å²) >= 11 is 0. The Morgan fingerprint density at radius 1 is 0.615 bits per heavy atom. The second-order valence-corrected chi connectivity index (χ2v) is 7.73. The smallest absolute Gasteiger partial charge is 0.0527 e. The first-order valence-electron chi connectivity index (χ1n) is 9.70. The van der Waals surface area contributed by atoms with Gasteiger partial charge in [-0.25, -0.2) is 0 Å². The van der Waals surface area contributed by atoms with Crippen molar-refractivity contribution in [3.8, 4) is 0 Å². The Labute approximate surface area is 158 Å². The summed E-state index contributed by atoms with van der Waals surface area (Å²) < 4.78 is 0. The van der Waals surface area contributed by atoms with E-state index < -0.39 is 0 Å². The largest absolute Gasteiger partial charge is 0.374 e. The molecule has 0 aliphatic carbocycles. The molecule has 0 aromatic heterocycles. The molecule has 2 heteroatoms. The molecule has 2 nitrogen and oxygen atoms in total. The zero-order valence-electron chi connectivity index (χ0n) is 17.6. The molecule has 3 aromatic rings. The van der Waals surface area contributed by atoms with Gasteiger partial charge in [-0.15, -0.1) is 0 Å². The highest BCUT2D eigenvalue weighted by Crippen LogP contribution is 2.46. The average molecular weight is 349 g/mol. The van der Waals surface area contributed by atoms with Crippen LogP contribution < -0.4 is 9.80 Å². The summed E-state index contributed by atoms with van der Waals surface area (Å²) in [6.07, 6.45) is 0. The lowest BCUT2D eigenvalue weighted by Gasteiger charge is -2.29. The van der Waals surface area contributed by atoms with E-state index in [9.17, 15) is 0 Å². The van der Waals surface area contributed by atoms with Gasteiger partial charge in [0.25, 0.3) is 0 Å². The molecule has 0 saturated heterocycles. The van der Waals surface area contributed by atoms with E-state index in [-0.39, 0.29) is 0 Å². The molecule has 0 heterocycles. The highest BCUT2D eigenvalue weighted by Gasteiger charge is 2.21. The van der Waals surface area contributed by atoms with Crippen LogP contribution in [0.1, 0.15) is 36.1 Å². The summed E-state index contributed by atoms with van der Waals surface area (Å²) in [4.78, 5) is 4.81. The van der Waals surface area contributed by atoms with Gasteiger partial charge in [-0.05, 0) is 64.8 Å². The van der Waals surface area contributed by atoms with E-state index in [0.717, 1.165) is 13.1 Å². The number of fused-ring (bicyclic) bond motifs is 2. The minimum Gasteiger partial charge on any atom is -0.374 e. The third-order valence-corrected chi connectivity index (χ3v) is 5.66. The molecule has 3 rings (SSSR count). The first-order valence-corrected chi connectivity index (χ1v) is 9.70. The molecule has 0 amide bonds. The van der Waals surface area contributed by atoms with Crippen LogP contribution in [0, 0.1) is 27.7 Å². The maximum Gasteiger partial charge on any atom is 0.0527 e. The van der Waals surface area contributed by atoms with Gasteiger partial charge in [-0.2, -0.15) is 0 Å². The Morgan fingerprint density at radius 2 is 0.962 bits per heavy atom. The summed E-state index contributed by atoms with van der Waals surface area (Å²) in [5, 5.41) is 5.55. The van der Waals surface area contributed by atoms with E-state index >= 15 is 0 Å². The highest BCUT2D eigenvalue weighted by molar-refractivity contribution is 6.22. The lowest BCUT2D eigenvalue weighted by molar-refractivity contribution is 0.971. The van der Waals surface area contributed by atoms with Crippen LogP contribution in [-0.4, -0.2) is 27.2 Å². The molecule has 3 aromatic carbocycles.